The molecule has 7 nitrogen and oxygen atoms in total. The van der Waals surface area contributed by atoms with Gasteiger partial charge in [0.25, 0.3) is 11.8 Å². The third-order valence-corrected chi connectivity index (χ3v) is 5.54. The van der Waals surface area contributed by atoms with E-state index in [1.807, 2.05) is 0 Å². The largest absolute Gasteiger partial charge is 0.327 e. The quantitative estimate of drug-likeness (QED) is 0.653. The van der Waals surface area contributed by atoms with Gasteiger partial charge in [0.05, 0.1) is 17.3 Å². The minimum Gasteiger partial charge on any atom is -0.327 e. The van der Waals surface area contributed by atoms with Crippen molar-refractivity contribution in [3.63, 3.8) is 0 Å². The second-order valence-corrected chi connectivity index (χ2v) is 7.85. The lowest BCUT2D eigenvalue weighted by Gasteiger charge is -2.34. The predicted octanol–water partition coefficient (Wildman–Crippen LogP) is 4.45. The predicted molar refractivity (Wildman–Crippen MR) is 118 cm³/mol. The standard InChI is InChI=1S/C23H22ClN5O2/c1-15-18(22(30)28-17-10-8-16(24)9-11-17)14-26-21(27-15)20-7-3-5-13-29(20)23(31)19-6-2-4-12-25-19/h2,4,6,8-12,14,20H,3,5,7,13H2,1H3,(H,28,30)/t20-/m1/s1. The van der Waals surface area contributed by atoms with Crippen molar-refractivity contribution in [3.05, 3.63) is 82.7 Å². The van der Waals surface area contributed by atoms with Crippen LogP contribution < -0.4 is 5.32 Å². The highest BCUT2D eigenvalue weighted by atomic mass is 35.5. The summed E-state index contributed by atoms with van der Waals surface area (Å²) in [5.41, 5.74) is 1.99. The average Bonchev–Trinajstić information content (AvgIpc) is 2.80. The van der Waals surface area contributed by atoms with E-state index in [1.165, 1.54) is 6.20 Å². The second-order valence-electron chi connectivity index (χ2n) is 7.41. The summed E-state index contributed by atoms with van der Waals surface area (Å²) >= 11 is 5.89. The zero-order valence-electron chi connectivity index (χ0n) is 17.1. The van der Waals surface area contributed by atoms with Gasteiger partial charge in [0.15, 0.2) is 5.82 Å². The minimum atomic E-state index is -0.295. The van der Waals surface area contributed by atoms with Crippen LogP contribution in [0.25, 0.3) is 0 Å². The second kappa shape index (κ2) is 9.22. The number of piperidine rings is 1. The van der Waals surface area contributed by atoms with Gasteiger partial charge in [-0.1, -0.05) is 17.7 Å². The number of pyridine rings is 1. The van der Waals surface area contributed by atoms with Gasteiger partial charge < -0.3 is 10.2 Å². The third-order valence-electron chi connectivity index (χ3n) is 5.29. The molecule has 1 N–H and O–H groups in total. The van der Waals surface area contributed by atoms with E-state index in [0.717, 1.165) is 19.3 Å². The normalized spacial score (nSPS) is 16.1. The van der Waals surface area contributed by atoms with E-state index in [9.17, 15) is 9.59 Å². The summed E-state index contributed by atoms with van der Waals surface area (Å²) in [4.78, 5) is 40.7. The summed E-state index contributed by atoms with van der Waals surface area (Å²) in [6.07, 6.45) is 5.82. The van der Waals surface area contributed by atoms with Crippen LogP contribution in [0.2, 0.25) is 5.02 Å². The van der Waals surface area contributed by atoms with E-state index >= 15 is 0 Å². The summed E-state index contributed by atoms with van der Waals surface area (Å²) in [6.45, 7) is 2.40. The maximum absolute atomic E-state index is 13.0. The Morgan fingerprint density at radius 1 is 1.10 bits per heavy atom. The van der Waals surface area contributed by atoms with Gasteiger partial charge in [0.2, 0.25) is 0 Å². The highest BCUT2D eigenvalue weighted by Crippen LogP contribution is 2.30. The molecule has 0 radical (unpaired) electrons. The van der Waals surface area contributed by atoms with Gasteiger partial charge in [-0.25, -0.2) is 9.97 Å². The molecule has 0 bridgehead atoms. The zero-order chi connectivity index (χ0) is 21.8. The van der Waals surface area contributed by atoms with E-state index in [2.05, 4.69) is 20.3 Å². The van der Waals surface area contributed by atoms with Gasteiger partial charge in [0.1, 0.15) is 5.69 Å². The summed E-state index contributed by atoms with van der Waals surface area (Å²) in [7, 11) is 0. The lowest BCUT2D eigenvalue weighted by Crippen LogP contribution is -2.39. The fraction of sp³-hybridized carbons (Fsp3) is 0.261. The maximum atomic E-state index is 13.0. The molecule has 1 aliphatic rings. The van der Waals surface area contributed by atoms with Crippen LogP contribution in [-0.4, -0.2) is 38.2 Å². The topological polar surface area (TPSA) is 88.1 Å². The number of nitrogens with one attached hydrogen (secondary N) is 1. The van der Waals surface area contributed by atoms with Gasteiger partial charge in [-0.15, -0.1) is 0 Å². The van der Waals surface area contributed by atoms with Gasteiger partial charge in [-0.05, 0) is 62.6 Å². The maximum Gasteiger partial charge on any atom is 0.273 e. The number of halogens is 1. The minimum absolute atomic E-state index is 0.129. The van der Waals surface area contributed by atoms with Crippen molar-refractivity contribution in [1.82, 2.24) is 19.9 Å². The Labute approximate surface area is 185 Å². The van der Waals surface area contributed by atoms with Gasteiger partial charge in [0, 0.05) is 29.6 Å². The molecule has 158 valence electrons. The van der Waals surface area contributed by atoms with Crippen molar-refractivity contribution in [1.29, 1.82) is 0 Å². The highest BCUT2D eigenvalue weighted by molar-refractivity contribution is 6.30. The van der Waals surface area contributed by atoms with Crippen LogP contribution in [-0.2, 0) is 0 Å². The van der Waals surface area contributed by atoms with E-state index in [1.54, 1.807) is 60.5 Å². The Kier molecular flexibility index (Phi) is 6.23. The molecule has 3 aromatic rings. The van der Waals surface area contributed by atoms with Crippen LogP contribution in [0.3, 0.4) is 0 Å². The fourth-order valence-electron chi connectivity index (χ4n) is 3.68. The van der Waals surface area contributed by atoms with Crippen molar-refractivity contribution in [3.8, 4) is 0 Å². The van der Waals surface area contributed by atoms with Gasteiger partial charge >= 0.3 is 0 Å². The van der Waals surface area contributed by atoms with Crippen LogP contribution in [0.1, 0.15) is 57.7 Å². The van der Waals surface area contributed by atoms with Crippen molar-refractivity contribution in [2.45, 2.75) is 32.2 Å². The monoisotopic (exact) mass is 435 g/mol. The lowest BCUT2D eigenvalue weighted by atomic mass is 10.0. The number of aromatic nitrogens is 3. The molecule has 31 heavy (non-hydrogen) atoms. The molecule has 0 saturated carbocycles. The Bertz CT molecular complexity index is 1090. The molecule has 4 rings (SSSR count). The fourth-order valence-corrected chi connectivity index (χ4v) is 3.81. The average molecular weight is 436 g/mol. The van der Waals surface area contributed by atoms with Crippen LogP contribution in [0.5, 0.6) is 0 Å². The SMILES string of the molecule is Cc1nc([C@H]2CCCCN2C(=O)c2ccccn2)ncc1C(=O)Nc1ccc(Cl)cc1. The summed E-state index contributed by atoms with van der Waals surface area (Å²) in [5, 5.41) is 3.42. The van der Waals surface area contributed by atoms with Crippen LogP contribution >= 0.6 is 11.6 Å². The number of amides is 2. The van der Waals surface area contributed by atoms with Crippen LogP contribution in [0.15, 0.2) is 54.9 Å². The van der Waals surface area contributed by atoms with E-state index in [4.69, 9.17) is 11.6 Å². The van der Waals surface area contributed by atoms with Crippen molar-refractivity contribution in [2.24, 2.45) is 0 Å². The Balaban J connectivity index is 1.55. The Morgan fingerprint density at radius 3 is 2.61 bits per heavy atom. The van der Waals surface area contributed by atoms with E-state index in [-0.39, 0.29) is 17.9 Å². The molecule has 0 unspecified atom stereocenters. The Hall–Kier alpha value is -3.32. The Morgan fingerprint density at radius 2 is 1.90 bits per heavy atom. The molecule has 1 aromatic carbocycles. The number of hydrogen-bond donors (Lipinski definition) is 1. The van der Waals surface area contributed by atoms with E-state index < -0.39 is 0 Å². The highest BCUT2D eigenvalue weighted by Gasteiger charge is 2.31. The summed E-state index contributed by atoms with van der Waals surface area (Å²) in [6, 6.07) is 11.9. The molecule has 1 atom stereocenters. The van der Waals surface area contributed by atoms with Crippen molar-refractivity contribution < 1.29 is 9.59 Å². The molecular weight excluding hydrogens is 414 g/mol. The molecular formula is C23H22ClN5O2. The van der Waals surface area contributed by atoms with Crippen LogP contribution in [0, 0.1) is 6.92 Å². The number of benzene rings is 1. The molecule has 2 aromatic heterocycles. The number of anilines is 1. The van der Waals surface area contributed by atoms with Gasteiger partial charge in [-0.2, -0.15) is 0 Å². The van der Waals surface area contributed by atoms with Crippen LogP contribution in [0.4, 0.5) is 5.69 Å². The smallest absolute Gasteiger partial charge is 0.273 e. The number of carbonyl (C=O) groups excluding carboxylic acids is 2. The number of likely N-dealkylation sites (tertiary alicyclic amines) is 1. The molecule has 0 aliphatic carbocycles. The first-order chi connectivity index (χ1) is 15.0. The first kappa shape index (κ1) is 20.9. The van der Waals surface area contributed by atoms with Gasteiger partial charge in [-0.3, -0.25) is 14.6 Å². The number of rotatable bonds is 4. The summed E-state index contributed by atoms with van der Waals surface area (Å²) < 4.78 is 0. The number of nitrogens with zero attached hydrogens (tertiary/aromatic N) is 4. The summed E-state index contributed by atoms with van der Waals surface area (Å²) in [5.74, 6) is 0.122. The molecule has 1 aliphatic heterocycles. The van der Waals surface area contributed by atoms with Crippen molar-refractivity contribution in [2.75, 3.05) is 11.9 Å². The molecule has 0 spiro atoms. The van der Waals surface area contributed by atoms with Crippen molar-refractivity contribution >= 4 is 29.1 Å². The number of aryl methyl sites for hydroxylation is 1. The molecule has 1 saturated heterocycles. The first-order valence-electron chi connectivity index (χ1n) is 10.2. The zero-order valence-corrected chi connectivity index (χ0v) is 17.8. The molecule has 3 heterocycles. The molecule has 8 heteroatoms. The lowest BCUT2D eigenvalue weighted by molar-refractivity contribution is 0.0593. The first-order valence-corrected chi connectivity index (χ1v) is 10.5. The number of hydrogen-bond acceptors (Lipinski definition) is 5. The third kappa shape index (κ3) is 4.72. The number of carbonyl (C=O) groups is 2. The molecule has 2 amide bonds. The van der Waals surface area contributed by atoms with E-state index in [0.29, 0.717) is 40.0 Å². The molecule has 1 fully saturated rings.